The van der Waals surface area contributed by atoms with E-state index in [-0.39, 0.29) is 16.8 Å². The van der Waals surface area contributed by atoms with Crippen LogP contribution in [0.1, 0.15) is 20.8 Å². The van der Waals surface area contributed by atoms with E-state index >= 15 is 0 Å². The fourth-order valence-electron chi connectivity index (χ4n) is 1.53. The first kappa shape index (κ1) is 11.8. The molecule has 0 saturated carbocycles. The maximum Gasteiger partial charge on any atom is 0.273 e. The average molecular weight is 210 g/mol. The number of rotatable bonds is 4. The van der Waals surface area contributed by atoms with Crippen molar-refractivity contribution in [1.29, 1.82) is 0 Å². The van der Waals surface area contributed by atoms with Crippen LogP contribution in [0.15, 0.2) is 23.1 Å². The van der Waals surface area contributed by atoms with Gasteiger partial charge >= 0.3 is 0 Å². The number of pyridine rings is 1. The van der Waals surface area contributed by atoms with Crippen LogP contribution >= 0.6 is 0 Å². The Morgan fingerprint density at radius 1 is 1.53 bits per heavy atom. The molecule has 0 bridgehead atoms. The highest BCUT2D eigenvalue weighted by Crippen LogP contribution is 2.11. The molecule has 0 aliphatic rings. The lowest BCUT2D eigenvalue weighted by molar-refractivity contribution is -0.0229. The van der Waals surface area contributed by atoms with Gasteiger partial charge in [0.1, 0.15) is 0 Å². The van der Waals surface area contributed by atoms with Crippen LogP contribution < -0.4 is 11.3 Å². The predicted molar refractivity (Wildman–Crippen MR) is 60.8 cm³/mol. The summed E-state index contributed by atoms with van der Waals surface area (Å²) in [7, 11) is 0. The van der Waals surface area contributed by atoms with Crippen molar-refractivity contribution in [2.24, 2.45) is 0 Å². The Labute approximate surface area is 89.7 Å². The summed E-state index contributed by atoms with van der Waals surface area (Å²) in [5, 5.41) is 0. The average Bonchev–Trinajstić information content (AvgIpc) is 2.12. The maximum absolute atomic E-state index is 11.6. The highest BCUT2D eigenvalue weighted by molar-refractivity contribution is 5.33. The molecule has 15 heavy (non-hydrogen) atoms. The molecule has 0 fully saturated rings. The van der Waals surface area contributed by atoms with Crippen molar-refractivity contribution in [2.45, 2.75) is 32.9 Å². The fourth-order valence-corrected chi connectivity index (χ4v) is 1.53. The quantitative estimate of drug-likeness (QED) is 0.813. The van der Waals surface area contributed by atoms with Gasteiger partial charge in [-0.15, -0.1) is 0 Å². The van der Waals surface area contributed by atoms with Gasteiger partial charge in [-0.1, -0.05) is 0 Å². The lowest BCUT2D eigenvalue weighted by atomic mass is 10.1. The number of nitrogens with two attached hydrogens (primary N) is 1. The lowest BCUT2D eigenvalue weighted by Crippen LogP contribution is -2.35. The zero-order valence-electron chi connectivity index (χ0n) is 9.49. The van der Waals surface area contributed by atoms with Crippen molar-refractivity contribution >= 4 is 5.69 Å². The smallest absolute Gasteiger partial charge is 0.273 e. The molecule has 1 aromatic heterocycles. The lowest BCUT2D eigenvalue weighted by Gasteiger charge is -2.25. The van der Waals surface area contributed by atoms with Crippen molar-refractivity contribution in [1.82, 2.24) is 4.57 Å². The van der Waals surface area contributed by atoms with Gasteiger partial charge in [-0.05, 0) is 32.9 Å². The second-order valence-corrected chi connectivity index (χ2v) is 4.09. The number of aromatic nitrogens is 1. The van der Waals surface area contributed by atoms with E-state index in [1.165, 1.54) is 0 Å². The molecular formula is C11H18N2O2. The van der Waals surface area contributed by atoms with Crippen LogP contribution in [0.5, 0.6) is 0 Å². The summed E-state index contributed by atoms with van der Waals surface area (Å²) >= 11 is 0. The standard InChI is InChI=1S/C11H18N2O2/c1-4-15-11(2,3)8-13-7-5-6-9(12)10(13)14/h5-7H,4,8,12H2,1-3H3. The first-order valence-electron chi connectivity index (χ1n) is 5.05. The molecule has 0 aromatic carbocycles. The van der Waals surface area contributed by atoms with Crippen molar-refractivity contribution in [3.05, 3.63) is 28.7 Å². The molecule has 4 nitrogen and oxygen atoms in total. The van der Waals surface area contributed by atoms with E-state index in [1.54, 1.807) is 22.9 Å². The minimum absolute atomic E-state index is 0.162. The predicted octanol–water partition coefficient (Wildman–Crippen LogP) is 1.25. The minimum Gasteiger partial charge on any atom is -0.394 e. The first-order chi connectivity index (χ1) is 6.96. The van der Waals surface area contributed by atoms with Crippen molar-refractivity contribution < 1.29 is 4.74 Å². The van der Waals surface area contributed by atoms with Gasteiger partial charge in [0.25, 0.3) is 5.56 Å². The maximum atomic E-state index is 11.6. The summed E-state index contributed by atoms with van der Waals surface area (Å²) in [5.74, 6) is 0. The Morgan fingerprint density at radius 3 is 2.80 bits per heavy atom. The van der Waals surface area contributed by atoms with Gasteiger partial charge in [-0.2, -0.15) is 0 Å². The minimum atomic E-state index is -0.355. The van der Waals surface area contributed by atoms with Crippen LogP contribution in [-0.4, -0.2) is 16.8 Å². The molecule has 4 heteroatoms. The molecule has 2 N–H and O–H groups in total. The number of hydrogen-bond donors (Lipinski definition) is 1. The molecule has 1 aromatic rings. The summed E-state index contributed by atoms with van der Waals surface area (Å²) in [6, 6.07) is 3.37. The normalized spacial score (nSPS) is 11.7. The first-order valence-corrected chi connectivity index (χ1v) is 5.05. The van der Waals surface area contributed by atoms with Crippen molar-refractivity contribution in [2.75, 3.05) is 12.3 Å². The second kappa shape index (κ2) is 4.49. The fraction of sp³-hybridized carbons (Fsp3) is 0.545. The van der Waals surface area contributed by atoms with Gasteiger partial charge in [0.2, 0.25) is 0 Å². The Kier molecular flexibility index (Phi) is 3.52. The highest BCUT2D eigenvalue weighted by Gasteiger charge is 2.18. The molecule has 0 aliphatic carbocycles. The van der Waals surface area contributed by atoms with Gasteiger partial charge in [0.05, 0.1) is 17.8 Å². The topological polar surface area (TPSA) is 57.2 Å². The zero-order valence-corrected chi connectivity index (χ0v) is 9.49. The van der Waals surface area contributed by atoms with Crippen LogP contribution in [0, 0.1) is 0 Å². The number of nitrogen functional groups attached to an aromatic ring is 1. The third-order valence-electron chi connectivity index (χ3n) is 2.14. The number of hydrogen-bond acceptors (Lipinski definition) is 3. The molecule has 1 heterocycles. The number of ether oxygens (including phenoxy) is 1. The van der Waals surface area contributed by atoms with Crippen molar-refractivity contribution in [3.63, 3.8) is 0 Å². The van der Waals surface area contributed by atoms with Gasteiger partial charge in [0.15, 0.2) is 0 Å². The summed E-state index contributed by atoms with van der Waals surface area (Å²) < 4.78 is 7.10. The Bertz CT molecular complexity index is 382. The van der Waals surface area contributed by atoms with E-state index in [2.05, 4.69) is 0 Å². The van der Waals surface area contributed by atoms with Gasteiger partial charge < -0.3 is 15.0 Å². The highest BCUT2D eigenvalue weighted by atomic mass is 16.5. The molecule has 1 rings (SSSR count). The van der Waals surface area contributed by atoms with E-state index in [4.69, 9.17) is 10.5 Å². The summed E-state index contributed by atoms with van der Waals surface area (Å²) in [6.07, 6.45) is 1.72. The Balaban J connectivity index is 2.90. The summed E-state index contributed by atoms with van der Waals surface area (Å²) in [4.78, 5) is 11.6. The molecule has 0 amide bonds. The van der Waals surface area contributed by atoms with Crippen LogP contribution in [0.2, 0.25) is 0 Å². The Morgan fingerprint density at radius 2 is 2.20 bits per heavy atom. The van der Waals surface area contributed by atoms with Gasteiger partial charge in [-0.3, -0.25) is 4.79 Å². The van der Waals surface area contributed by atoms with E-state index in [0.717, 1.165) is 0 Å². The number of nitrogens with zero attached hydrogens (tertiary/aromatic N) is 1. The second-order valence-electron chi connectivity index (χ2n) is 4.09. The monoisotopic (exact) mass is 210 g/mol. The molecule has 0 atom stereocenters. The molecule has 0 spiro atoms. The molecule has 84 valence electrons. The zero-order chi connectivity index (χ0) is 11.5. The molecule has 0 radical (unpaired) electrons. The summed E-state index contributed by atoms with van der Waals surface area (Å²) in [6.45, 7) is 6.97. The van der Waals surface area contributed by atoms with Crippen LogP contribution in [0.3, 0.4) is 0 Å². The van der Waals surface area contributed by atoms with Crippen LogP contribution in [-0.2, 0) is 11.3 Å². The van der Waals surface area contributed by atoms with Gasteiger partial charge in [-0.25, -0.2) is 0 Å². The van der Waals surface area contributed by atoms with Crippen molar-refractivity contribution in [3.8, 4) is 0 Å². The summed E-state index contributed by atoms with van der Waals surface area (Å²) in [5.41, 5.74) is 5.29. The van der Waals surface area contributed by atoms with E-state index in [0.29, 0.717) is 13.2 Å². The van der Waals surface area contributed by atoms with Crippen LogP contribution in [0.4, 0.5) is 5.69 Å². The molecular weight excluding hydrogens is 192 g/mol. The Hall–Kier alpha value is -1.29. The SMILES string of the molecule is CCOC(C)(C)Cn1cccc(N)c1=O. The van der Waals surface area contributed by atoms with Gasteiger partial charge in [0, 0.05) is 12.8 Å². The molecule has 0 aliphatic heterocycles. The molecule has 0 saturated heterocycles. The van der Waals surface area contributed by atoms with Crippen LogP contribution in [0.25, 0.3) is 0 Å². The molecule has 0 unspecified atom stereocenters. The third-order valence-corrected chi connectivity index (χ3v) is 2.14. The number of anilines is 1. The largest absolute Gasteiger partial charge is 0.394 e. The van der Waals surface area contributed by atoms with E-state index in [1.807, 2.05) is 20.8 Å². The third kappa shape index (κ3) is 3.09. The van der Waals surface area contributed by atoms with E-state index < -0.39 is 0 Å². The van der Waals surface area contributed by atoms with E-state index in [9.17, 15) is 4.79 Å².